The van der Waals surface area contributed by atoms with Crippen LogP contribution < -0.4 is 20.7 Å². The summed E-state index contributed by atoms with van der Waals surface area (Å²) >= 11 is 0. The van der Waals surface area contributed by atoms with Gasteiger partial charge in [0.15, 0.2) is 5.96 Å². The Kier molecular flexibility index (Phi) is 11.3. The van der Waals surface area contributed by atoms with Crippen molar-refractivity contribution in [1.82, 2.24) is 16.0 Å². The summed E-state index contributed by atoms with van der Waals surface area (Å²) in [5, 5.41) is 9.59. The summed E-state index contributed by atoms with van der Waals surface area (Å²) in [6.45, 7) is 2.69. The molecule has 1 saturated heterocycles. The second kappa shape index (κ2) is 13.9. The first-order valence-corrected chi connectivity index (χ1v) is 10.7. The van der Waals surface area contributed by atoms with E-state index in [1.54, 1.807) is 14.2 Å². The predicted molar refractivity (Wildman–Crippen MR) is 138 cm³/mol. The first kappa shape index (κ1) is 25.9. The van der Waals surface area contributed by atoms with E-state index in [-0.39, 0.29) is 36.0 Å². The summed E-state index contributed by atoms with van der Waals surface area (Å²) < 4.78 is 10.7. The number of halogens is 1. The molecule has 7 nitrogen and oxygen atoms in total. The van der Waals surface area contributed by atoms with E-state index < -0.39 is 0 Å². The minimum atomic E-state index is -0.0700. The van der Waals surface area contributed by atoms with Gasteiger partial charge in [0.05, 0.1) is 13.2 Å². The average molecular weight is 552 g/mol. The van der Waals surface area contributed by atoms with Gasteiger partial charge in [-0.05, 0) is 54.7 Å². The van der Waals surface area contributed by atoms with Gasteiger partial charge in [0, 0.05) is 38.9 Å². The molecule has 3 rings (SSSR count). The number of methoxy groups -OCH3 is 1. The highest BCUT2D eigenvalue weighted by atomic mass is 127. The number of carbonyl (C=O) groups is 1. The molecule has 1 heterocycles. The average Bonchev–Trinajstić information content (AvgIpc) is 3.34. The van der Waals surface area contributed by atoms with E-state index in [9.17, 15) is 4.79 Å². The lowest BCUT2D eigenvalue weighted by Gasteiger charge is -2.13. The van der Waals surface area contributed by atoms with Crippen molar-refractivity contribution in [2.75, 3.05) is 33.9 Å². The zero-order valence-corrected chi connectivity index (χ0v) is 21.1. The van der Waals surface area contributed by atoms with Gasteiger partial charge in [0.25, 0.3) is 5.91 Å². The number of ether oxygens (including phenoxy) is 2. The third-order valence-corrected chi connectivity index (χ3v) is 5.25. The number of nitrogens with one attached hydrogen (secondary N) is 3. The first-order chi connectivity index (χ1) is 15.2. The molecule has 2 aromatic carbocycles. The Morgan fingerprint density at radius 3 is 2.62 bits per heavy atom. The largest absolute Gasteiger partial charge is 0.497 e. The summed E-state index contributed by atoms with van der Waals surface area (Å²) in [4.78, 5) is 16.7. The molecule has 174 valence electrons. The van der Waals surface area contributed by atoms with Gasteiger partial charge in [-0.15, -0.1) is 24.0 Å². The Balaban J connectivity index is 0.00000363. The molecule has 0 radical (unpaired) electrons. The van der Waals surface area contributed by atoms with Gasteiger partial charge < -0.3 is 25.4 Å². The van der Waals surface area contributed by atoms with Gasteiger partial charge in [-0.3, -0.25) is 9.79 Å². The molecule has 1 atom stereocenters. The predicted octanol–water partition coefficient (Wildman–Crippen LogP) is 3.13. The zero-order valence-electron chi connectivity index (χ0n) is 18.7. The van der Waals surface area contributed by atoms with Crippen molar-refractivity contribution in [1.29, 1.82) is 0 Å². The smallest absolute Gasteiger partial charge is 0.251 e. The standard InChI is InChI=1S/C24H32N4O3.HI/c1-25-24(26-13-12-18-8-10-21(30-2)11-9-18)28-16-19-5-3-6-20(15-19)23(29)27-17-22-7-4-14-31-22;/h3,5-6,8-11,15,22H,4,7,12-14,16-17H2,1-2H3,(H,27,29)(H2,25,26,28);1H. The normalized spacial score (nSPS) is 15.6. The van der Waals surface area contributed by atoms with Crippen LogP contribution in [-0.2, 0) is 17.7 Å². The van der Waals surface area contributed by atoms with Crippen molar-refractivity contribution < 1.29 is 14.3 Å². The molecule has 0 spiro atoms. The SMILES string of the molecule is CN=C(NCCc1ccc(OC)cc1)NCc1cccc(C(=O)NCC2CCCO2)c1.I. The van der Waals surface area contributed by atoms with Gasteiger partial charge >= 0.3 is 0 Å². The van der Waals surface area contributed by atoms with Gasteiger partial charge in [0.1, 0.15) is 5.75 Å². The maximum Gasteiger partial charge on any atom is 0.251 e. The van der Waals surface area contributed by atoms with E-state index in [2.05, 4.69) is 33.1 Å². The lowest BCUT2D eigenvalue weighted by molar-refractivity contribution is 0.0857. The second-order valence-electron chi connectivity index (χ2n) is 7.50. The molecule has 1 amide bonds. The van der Waals surface area contributed by atoms with Crippen LogP contribution in [0.25, 0.3) is 0 Å². The number of aliphatic imine (C=N–C) groups is 1. The van der Waals surface area contributed by atoms with Crippen LogP contribution in [0.4, 0.5) is 0 Å². The Labute approximate surface area is 207 Å². The number of guanidine groups is 1. The number of benzene rings is 2. The molecule has 1 fully saturated rings. The first-order valence-electron chi connectivity index (χ1n) is 10.7. The summed E-state index contributed by atoms with van der Waals surface area (Å²) in [5.41, 5.74) is 2.90. The Hall–Kier alpha value is -2.33. The molecule has 3 N–H and O–H groups in total. The lowest BCUT2D eigenvalue weighted by atomic mass is 10.1. The van der Waals surface area contributed by atoms with E-state index >= 15 is 0 Å². The maximum atomic E-state index is 12.4. The fourth-order valence-corrected chi connectivity index (χ4v) is 3.46. The van der Waals surface area contributed by atoms with Gasteiger partial charge in [-0.25, -0.2) is 0 Å². The van der Waals surface area contributed by atoms with Crippen LogP contribution in [0.1, 0.15) is 34.3 Å². The number of carbonyl (C=O) groups excluding carboxylic acids is 1. The lowest BCUT2D eigenvalue weighted by Crippen LogP contribution is -2.38. The molecule has 2 aromatic rings. The number of amides is 1. The minimum absolute atomic E-state index is 0. The molecule has 0 aromatic heterocycles. The fraction of sp³-hybridized carbons (Fsp3) is 0.417. The zero-order chi connectivity index (χ0) is 21.9. The van der Waals surface area contributed by atoms with Crippen molar-refractivity contribution in [3.05, 3.63) is 65.2 Å². The van der Waals surface area contributed by atoms with Crippen molar-refractivity contribution in [3.63, 3.8) is 0 Å². The highest BCUT2D eigenvalue weighted by molar-refractivity contribution is 14.0. The highest BCUT2D eigenvalue weighted by Gasteiger charge is 2.16. The van der Waals surface area contributed by atoms with Crippen LogP contribution in [-0.4, -0.2) is 51.8 Å². The highest BCUT2D eigenvalue weighted by Crippen LogP contribution is 2.12. The van der Waals surface area contributed by atoms with E-state index in [4.69, 9.17) is 9.47 Å². The van der Waals surface area contributed by atoms with Crippen LogP contribution in [0, 0.1) is 0 Å². The van der Waals surface area contributed by atoms with Crippen molar-refractivity contribution >= 4 is 35.8 Å². The molecule has 0 saturated carbocycles. The van der Waals surface area contributed by atoms with E-state index in [1.807, 2.05) is 36.4 Å². The maximum absolute atomic E-state index is 12.4. The molecule has 1 unspecified atom stereocenters. The van der Waals surface area contributed by atoms with Crippen molar-refractivity contribution in [3.8, 4) is 5.75 Å². The summed E-state index contributed by atoms with van der Waals surface area (Å²) in [6, 6.07) is 15.7. The quantitative estimate of drug-likeness (QED) is 0.253. The molecule has 1 aliphatic rings. The molecular formula is C24H33IN4O3. The van der Waals surface area contributed by atoms with Crippen LogP contribution in [0.3, 0.4) is 0 Å². The Morgan fingerprint density at radius 1 is 1.12 bits per heavy atom. The van der Waals surface area contributed by atoms with Crippen LogP contribution >= 0.6 is 24.0 Å². The van der Waals surface area contributed by atoms with Crippen molar-refractivity contribution in [2.45, 2.75) is 31.9 Å². The number of nitrogens with zero attached hydrogens (tertiary/aromatic N) is 1. The molecule has 1 aliphatic heterocycles. The van der Waals surface area contributed by atoms with Gasteiger partial charge in [-0.1, -0.05) is 24.3 Å². The molecule has 0 bridgehead atoms. The fourth-order valence-electron chi connectivity index (χ4n) is 3.46. The number of rotatable bonds is 9. The summed E-state index contributed by atoms with van der Waals surface area (Å²) in [7, 11) is 3.41. The Bertz CT molecular complexity index is 868. The van der Waals surface area contributed by atoms with Gasteiger partial charge in [-0.2, -0.15) is 0 Å². The molecule has 8 heteroatoms. The van der Waals surface area contributed by atoms with Crippen LogP contribution in [0.5, 0.6) is 5.75 Å². The minimum Gasteiger partial charge on any atom is -0.497 e. The third kappa shape index (κ3) is 8.31. The number of hydrogen-bond acceptors (Lipinski definition) is 4. The van der Waals surface area contributed by atoms with E-state index in [1.165, 1.54) is 5.56 Å². The number of hydrogen-bond donors (Lipinski definition) is 3. The molecule has 32 heavy (non-hydrogen) atoms. The summed E-state index contributed by atoms with van der Waals surface area (Å²) in [6.07, 6.45) is 3.10. The monoisotopic (exact) mass is 552 g/mol. The van der Waals surface area contributed by atoms with Gasteiger partial charge in [0.2, 0.25) is 0 Å². The van der Waals surface area contributed by atoms with Crippen LogP contribution in [0.2, 0.25) is 0 Å². The summed E-state index contributed by atoms with van der Waals surface area (Å²) in [5.74, 6) is 1.51. The second-order valence-corrected chi connectivity index (χ2v) is 7.50. The van der Waals surface area contributed by atoms with Crippen LogP contribution in [0.15, 0.2) is 53.5 Å². The van der Waals surface area contributed by atoms with E-state index in [0.717, 1.165) is 49.7 Å². The Morgan fingerprint density at radius 2 is 1.94 bits per heavy atom. The van der Waals surface area contributed by atoms with E-state index in [0.29, 0.717) is 18.7 Å². The van der Waals surface area contributed by atoms with Crippen molar-refractivity contribution in [2.24, 2.45) is 4.99 Å². The molecular weight excluding hydrogens is 519 g/mol. The topological polar surface area (TPSA) is 84.0 Å². The molecule has 0 aliphatic carbocycles. The third-order valence-electron chi connectivity index (χ3n) is 5.25.